The standard InChI is InChI=1S/C19H23ClN6O/c1-5-19(6-2,26-18-24-16(20)23-17(21-4)25-18)12-11-14-7-9-15(10-8-14)22-13(3)27/h7-10H,5-6H2,1-4H3,(H,22,27)(H2,21,23,24,25,26). The molecule has 1 aromatic heterocycles. The molecule has 142 valence electrons. The fourth-order valence-corrected chi connectivity index (χ4v) is 2.56. The highest BCUT2D eigenvalue weighted by molar-refractivity contribution is 6.28. The van der Waals surface area contributed by atoms with Crippen LogP contribution in [-0.4, -0.2) is 33.4 Å². The summed E-state index contributed by atoms with van der Waals surface area (Å²) in [5, 5.41) is 9.00. The molecule has 0 aliphatic carbocycles. The number of hydrogen-bond donors (Lipinski definition) is 3. The van der Waals surface area contributed by atoms with Crippen molar-refractivity contribution in [2.24, 2.45) is 0 Å². The molecule has 1 heterocycles. The van der Waals surface area contributed by atoms with E-state index in [1.165, 1.54) is 6.92 Å². The minimum absolute atomic E-state index is 0.106. The van der Waals surface area contributed by atoms with Crippen LogP contribution in [0.25, 0.3) is 0 Å². The molecule has 27 heavy (non-hydrogen) atoms. The summed E-state index contributed by atoms with van der Waals surface area (Å²) in [4.78, 5) is 23.5. The normalized spacial score (nSPS) is 10.6. The maximum absolute atomic E-state index is 11.1. The van der Waals surface area contributed by atoms with Gasteiger partial charge in [0.05, 0.1) is 0 Å². The second-order valence-corrected chi connectivity index (χ2v) is 6.26. The minimum atomic E-state index is -0.508. The highest BCUT2D eigenvalue weighted by Gasteiger charge is 2.25. The molecule has 0 fully saturated rings. The summed E-state index contributed by atoms with van der Waals surface area (Å²) in [5.41, 5.74) is 1.08. The van der Waals surface area contributed by atoms with E-state index >= 15 is 0 Å². The Kier molecular flexibility index (Phi) is 6.97. The van der Waals surface area contributed by atoms with Crippen molar-refractivity contribution < 1.29 is 4.79 Å². The topological polar surface area (TPSA) is 91.8 Å². The third-order valence-corrected chi connectivity index (χ3v) is 4.21. The van der Waals surface area contributed by atoms with Crippen LogP contribution in [0.1, 0.15) is 39.2 Å². The number of nitrogens with one attached hydrogen (secondary N) is 3. The van der Waals surface area contributed by atoms with Crippen LogP contribution in [0, 0.1) is 11.8 Å². The van der Waals surface area contributed by atoms with Gasteiger partial charge in [0.15, 0.2) is 0 Å². The summed E-state index contributed by atoms with van der Waals surface area (Å²) in [7, 11) is 1.72. The Bertz CT molecular complexity index is 853. The van der Waals surface area contributed by atoms with Crippen LogP contribution in [0.15, 0.2) is 24.3 Å². The van der Waals surface area contributed by atoms with Crippen molar-refractivity contribution >= 4 is 35.1 Å². The van der Waals surface area contributed by atoms with Crippen molar-refractivity contribution in [3.63, 3.8) is 0 Å². The molecule has 0 atom stereocenters. The molecule has 0 aliphatic rings. The summed E-state index contributed by atoms with van der Waals surface area (Å²) >= 11 is 5.96. The average molecular weight is 387 g/mol. The second kappa shape index (κ2) is 9.19. The van der Waals surface area contributed by atoms with Gasteiger partial charge in [-0.05, 0) is 48.7 Å². The lowest BCUT2D eigenvalue weighted by atomic mass is 9.93. The van der Waals surface area contributed by atoms with E-state index < -0.39 is 5.54 Å². The van der Waals surface area contributed by atoms with Crippen LogP contribution in [0.2, 0.25) is 5.28 Å². The van der Waals surface area contributed by atoms with Gasteiger partial charge >= 0.3 is 0 Å². The first-order valence-electron chi connectivity index (χ1n) is 8.68. The Morgan fingerprint density at radius 1 is 1.11 bits per heavy atom. The Labute approximate surface area is 164 Å². The van der Waals surface area contributed by atoms with Gasteiger partial charge in [-0.3, -0.25) is 4.79 Å². The number of nitrogens with zero attached hydrogens (tertiary/aromatic N) is 3. The van der Waals surface area contributed by atoms with Crippen molar-refractivity contribution in [1.82, 2.24) is 15.0 Å². The smallest absolute Gasteiger partial charge is 0.230 e. The summed E-state index contributed by atoms with van der Waals surface area (Å²) in [6.45, 7) is 5.57. The molecule has 7 nitrogen and oxygen atoms in total. The zero-order valence-corrected chi connectivity index (χ0v) is 16.6. The molecule has 0 saturated heterocycles. The molecule has 0 spiro atoms. The summed E-state index contributed by atoms with van der Waals surface area (Å²) in [6, 6.07) is 7.38. The van der Waals surface area contributed by atoms with Gasteiger partial charge in [0.1, 0.15) is 5.54 Å². The molecule has 0 bridgehead atoms. The largest absolute Gasteiger partial charge is 0.357 e. The highest BCUT2D eigenvalue weighted by Crippen LogP contribution is 2.21. The first-order valence-corrected chi connectivity index (χ1v) is 9.06. The third-order valence-electron chi connectivity index (χ3n) is 4.04. The predicted molar refractivity (Wildman–Crippen MR) is 109 cm³/mol. The molecular formula is C19H23ClN6O. The number of benzene rings is 1. The van der Waals surface area contributed by atoms with Crippen molar-refractivity contribution in [3.05, 3.63) is 35.1 Å². The zero-order chi connectivity index (χ0) is 19.9. The van der Waals surface area contributed by atoms with Gasteiger partial charge in [0.25, 0.3) is 0 Å². The van der Waals surface area contributed by atoms with Gasteiger partial charge < -0.3 is 16.0 Å². The molecule has 8 heteroatoms. The molecule has 0 radical (unpaired) electrons. The fourth-order valence-electron chi connectivity index (χ4n) is 2.40. The predicted octanol–water partition coefficient (Wildman–Crippen LogP) is 3.55. The van der Waals surface area contributed by atoms with E-state index in [9.17, 15) is 4.79 Å². The van der Waals surface area contributed by atoms with E-state index in [0.717, 1.165) is 24.1 Å². The Hall–Kier alpha value is -2.85. The van der Waals surface area contributed by atoms with Gasteiger partial charge in [0, 0.05) is 25.2 Å². The summed E-state index contributed by atoms with van der Waals surface area (Å²) in [5.74, 6) is 7.15. The van der Waals surface area contributed by atoms with Crippen molar-refractivity contribution in [2.75, 3.05) is 23.0 Å². The average Bonchev–Trinajstić information content (AvgIpc) is 2.65. The number of halogens is 1. The maximum atomic E-state index is 11.1. The van der Waals surface area contributed by atoms with Gasteiger partial charge in [-0.25, -0.2) is 0 Å². The first kappa shape index (κ1) is 20.5. The van der Waals surface area contributed by atoms with Gasteiger partial charge in [-0.1, -0.05) is 25.7 Å². The van der Waals surface area contributed by atoms with Crippen LogP contribution in [0.4, 0.5) is 17.6 Å². The number of carbonyl (C=O) groups excluding carboxylic acids is 1. The molecule has 1 amide bonds. The molecule has 1 aromatic carbocycles. The van der Waals surface area contributed by atoms with Gasteiger partial charge in [0.2, 0.25) is 23.1 Å². The number of amides is 1. The van der Waals surface area contributed by atoms with E-state index in [0.29, 0.717) is 11.9 Å². The lowest BCUT2D eigenvalue weighted by Gasteiger charge is -2.27. The van der Waals surface area contributed by atoms with Crippen LogP contribution in [0.3, 0.4) is 0 Å². The van der Waals surface area contributed by atoms with Crippen LogP contribution >= 0.6 is 11.6 Å². The van der Waals surface area contributed by atoms with E-state index in [4.69, 9.17) is 11.6 Å². The van der Waals surface area contributed by atoms with Crippen LogP contribution in [0.5, 0.6) is 0 Å². The van der Waals surface area contributed by atoms with E-state index in [-0.39, 0.29) is 11.2 Å². The molecule has 2 rings (SSSR count). The first-order chi connectivity index (χ1) is 12.9. The Balaban J connectivity index is 2.25. The second-order valence-electron chi connectivity index (χ2n) is 5.92. The molecule has 0 unspecified atom stereocenters. The SMILES string of the molecule is CCC(C#Cc1ccc(NC(C)=O)cc1)(CC)Nc1nc(Cl)nc(NC)n1. The molecule has 2 aromatic rings. The quantitative estimate of drug-likeness (QED) is 0.657. The molecule has 0 saturated carbocycles. The van der Waals surface area contributed by atoms with E-state index in [1.54, 1.807) is 7.05 Å². The zero-order valence-electron chi connectivity index (χ0n) is 15.9. The minimum Gasteiger partial charge on any atom is -0.357 e. The van der Waals surface area contributed by atoms with E-state index in [2.05, 4.69) is 42.7 Å². The van der Waals surface area contributed by atoms with Gasteiger partial charge in [-0.2, -0.15) is 15.0 Å². The number of rotatable bonds is 6. The summed E-state index contributed by atoms with van der Waals surface area (Å²) < 4.78 is 0. The Morgan fingerprint density at radius 2 is 1.74 bits per heavy atom. The van der Waals surface area contributed by atoms with Crippen molar-refractivity contribution in [3.8, 4) is 11.8 Å². The molecule has 0 aliphatic heterocycles. The van der Waals surface area contributed by atoms with Crippen molar-refractivity contribution in [1.29, 1.82) is 0 Å². The summed E-state index contributed by atoms with van der Waals surface area (Å²) in [6.07, 6.45) is 1.50. The number of anilines is 3. The fraction of sp³-hybridized carbons (Fsp3) is 0.368. The van der Waals surface area contributed by atoms with Gasteiger partial charge in [-0.15, -0.1) is 0 Å². The maximum Gasteiger partial charge on any atom is 0.230 e. The molecular weight excluding hydrogens is 364 g/mol. The van der Waals surface area contributed by atoms with Crippen LogP contribution in [-0.2, 0) is 4.79 Å². The number of aromatic nitrogens is 3. The highest BCUT2D eigenvalue weighted by atomic mass is 35.5. The van der Waals surface area contributed by atoms with Crippen molar-refractivity contribution in [2.45, 2.75) is 39.2 Å². The number of carbonyl (C=O) groups is 1. The molecule has 3 N–H and O–H groups in total. The number of hydrogen-bond acceptors (Lipinski definition) is 6. The van der Waals surface area contributed by atoms with Crippen LogP contribution < -0.4 is 16.0 Å². The lowest BCUT2D eigenvalue weighted by molar-refractivity contribution is -0.114. The monoisotopic (exact) mass is 386 g/mol. The van der Waals surface area contributed by atoms with E-state index in [1.807, 2.05) is 38.1 Å². The third kappa shape index (κ3) is 5.83. The Morgan fingerprint density at radius 3 is 2.30 bits per heavy atom. The lowest BCUT2D eigenvalue weighted by Crippen LogP contribution is -2.36.